The summed E-state index contributed by atoms with van der Waals surface area (Å²) < 4.78 is 0. The molecule has 5 heteroatoms. The molecule has 5 nitrogen and oxygen atoms in total. The molecule has 0 radical (unpaired) electrons. The minimum Gasteiger partial charge on any atom is -0.314 e. The maximum absolute atomic E-state index is 3.65. The third-order valence-electron chi connectivity index (χ3n) is 4.38. The number of hydrogen-bond donors (Lipinski definition) is 3. The molecule has 0 aromatic rings. The third kappa shape index (κ3) is 10.5. The maximum atomic E-state index is 3.65. The molecule has 3 N–H and O–H groups in total. The van der Waals surface area contributed by atoms with Crippen molar-refractivity contribution in [3.63, 3.8) is 0 Å². The van der Waals surface area contributed by atoms with Gasteiger partial charge in [-0.2, -0.15) is 0 Å². The molecule has 1 saturated heterocycles. The Labute approximate surface area is 138 Å². The van der Waals surface area contributed by atoms with Gasteiger partial charge < -0.3 is 25.8 Å². The Morgan fingerprint density at radius 1 is 0.727 bits per heavy atom. The minimum atomic E-state index is 0.561. The van der Waals surface area contributed by atoms with Gasteiger partial charge in [-0.1, -0.05) is 0 Å². The fourth-order valence-electron chi connectivity index (χ4n) is 2.95. The fraction of sp³-hybridized carbons (Fsp3) is 1.00. The molecule has 0 bridgehead atoms. The first-order valence-corrected chi connectivity index (χ1v) is 9.12. The van der Waals surface area contributed by atoms with Crippen molar-refractivity contribution in [1.29, 1.82) is 0 Å². The Morgan fingerprint density at radius 3 is 2.23 bits per heavy atom. The highest BCUT2D eigenvalue weighted by atomic mass is 15.1. The van der Waals surface area contributed by atoms with Crippen LogP contribution in [0.3, 0.4) is 0 Å². The molecule has 0 aliphatic carbocycles. The molecule has 0 spiro atoms. The zero-order valence-corrected chi connectivity index (χ0v) is 15.3. The Bertz CT molecular complexity index is 261. The predicted octanol–water partition coefficient (Wildman–Crippen LogP) is 0.580. The molecular weight excluding hydrogens is 274 g/mol. The van der Waals surface area contributed by atoms with E-state index in [2.05, 4.69) is 53.7 Å². The molecule has 1 fully saturated rings. The molecule has 0 amide bonds. The minimum absolute atomic E-state index is 0.561. The smallest absolute Gasteiger partial charge is 0.0166 e. The van der Waals surface area contributed by atoms with Crippen LogP contribution in [-0.4, -0.2) is 88.3 Å². The van der Waals surface area contributed by atoms with Crippen molar-refractivity contribution in [3.05, 3.63) is 0 Å². The number of nitrogens with zero attached hydrogens (tertiary/aromatic N) is 2. The van der Waals surface area contributed by atoms with E-state index in [-0.39, 0.29) is 0 Å². The Balaban J connectivity index is 2.32. The maximum Gasteiger partial charge on any atom is 0.0166 e. The van der Waals surface area contributed by atoms with Crippen LogP contribution < -0.4 is 16.0 Å². The zero-order chi connectivity index (χ0) is 16.2. The molecule has 0 saturated carbocycles. The van der Waals surface area contributed by atoms with Crippen LogP contribution in [0.4, 0.5) is 0 Å². The van der Waals surface area contributed by atoms with Crippen LogP contribution in [0, 0.1) is 0 Å². The molecular formula is C17H39N5. The molecule has 0 aromatic heterocycles. The highest BCUT2D eigenvalue weighted by Crippen LogP contribution is 1.96. The lowest BCUT2D eigenvalue weighted by molar-refractivity contribution is 0.280. The second-order valence-electron chi connectivity index (χ2n) is 7.04. The Kier molecular flexibility index (Phi) is 11.1. The van der Waals surface area contributed by atoms with Crippen LogP contribution >= 0.6 is 0 Å². The second kappa shape index (κ2) is 12.3. The number of nitrogens with one attached hydrogen (secondary N) is 3. The fourth-order valence-corrected chi connectivity index (χ4v) is 2.95. The van der Waals surface area contributed by atoms with Gasteiger partial charge >= 0.3 is 0 Å². The van der Waals surface area contributed by atoms with E-state index in [1.807, 2.05) is 0 Å². The van der Waals surface area contributed by atoms with Crippen molar-refractivity contribution in [1.82, 2.24) is 25.8 Å². The summed E-state index contributed by atoms with van der Waals surface area (Å²) in [5.74, 6) is 0. The van der Waals surface area contributed by atoms with E-state index in [0.717, 1.165) is 39.3 Å². The van der Waals surface area contributed by atoms with Crippen molar-refractivity contribution < 1.29 is 0 Å². The van der Waals surface area contributed by atoms with Gasteiger partial charge in [0.2, 0.25) is 0 Å². The number of likely N-dealkylation sites (N-methyl/N-ethyl adjacent to an activating group) is 2. The SMILES string of the molecule is CC1CNCCN(C)CCCNC(C)CN(C)CCCCN1. The Hall–Kier alpha value is -0.200. The van der Waals surface area contributed by atoms with Gasteiger partial charge in [0, 0.05) is 38.3 Å². The molecule has 22 heavy (non-hydrogen) atoms. The summed E-state index contributed by atoms with van der Waals surface area (Å²) in [5.41, 5.74) is 0. The van der Waals surface area contributed by atoms with Crippen LogP contribution in [0.1, 0.15) is 33.1 Å². The largest absolute Gasteiger partial charge is 0.314 e. The number of hydrogen-bond acceptors (Lipinski definition) is 5. The van der Waals surface area contributed by atoms with Crippen LogP contribution in [0.15, 0.2) is 0 Å². The molecule has 132 valence electrons. The van der Waals surface area contributed by atoms with E-state index in [4.69, 9.17) is 0 Å². The topological polar surface area (TPSA) is 42.6 Å². The van der Waals surface area contributed by atoms with E-state index in [0.29, 0.717) is 12.1 Å². The highest BCUT2D eigenvalue weighted by molar-refractivity contribution is 4.68. The first-order chi connectivity index (χ1) is 10.6. The lowest BCUT2D eigenvalue weighted by Crippen LogP contribution is -2.41. The molecule has 1 heterocycles. The molecule has 0 aromatic carbocycles. The van der Waals surface area contributed by atoms with E-state index >= 15 is 0 Å². The van der Waals surface area contributed by atoms with Crippen molar-refractivity contribution >= 4 is 0 Å². The van der Waals surface area contributed by atoms with Crippen molar-refractivity contribution in [2.75, 3.05) is 66.5 Å². The standard InChI is InChI=1S/C17H39N5/c1-16-14-18-10-13-21(3)12-7-9-20-17(2)15-22(4)11-6-5-8-19-16/h16-20H,5-15H2,1-4H3. The molecule has 2 unspecified atom stereocenters. The van der Waals surface area contributed by atoms with Gasteiger partial charge in [0.1, 0.15) is 0 Å². The van der Waals surface area contributed by atoms with Gasteiger partial charge in [-0.15, -0.1) is 0 Å². The molecule has 1 aliphatic heterocycles. The number of rotatable bonds is 0. The van der Waals surface area contributed by atoms with E-state index in [1.165, 1.54) is 32.4 Å². The zero-order valence-electron chi connectivity index (χ0n) is 15.3. The van der Waals surface area contributed by atoms with Crippen molar-refractivity contribution in [3.8, 4) is 0 Å². The van der Waals surface area contributed by atoms with Gasteiger partial charge in [0.05, 0.1) is 0 Å². The van der Waals surface area contributed by atoms with Crippen LogP contribution in [-0.2, 0) is 0 Å². The summed E-state index contributed by atoms with van der Waals surface area (Å²) in [5, 5.41) is 10.8. The van der Waals surface area contributed by atoms with Gasteiger partial charge in [0.15, 0.2) is 0 Å². The lowest BCUT2D eigenvalue weighted by atomic mass is 10.2. The molecule has 1 rings (SSSR count). The van der Waals surface area contributed by atoms with E-state index in [9.17, 15) is 0 Å². The van der Waals surface area contributed by atoms with E-state index in [1.54, 1.807) is 0 Å². The predicted molar refractivity (Wildman–Crippen MR) is 96.6 cm³/mol. The Morgan fingerprint density at radius 2 is 1.41 bits per heavy atom. The highest BCUT2D eigenvalue weighted by Gasteiger charge is 2.07. The van der Waals surface area contributed by atoms with Gasteiger partial charge in [-0.05, 0) is 73.4 Å². The lowest BCUT2D eigenvalue weighted by Gasteiger charge is -2.24. The summed E-state index contributed by atoms with van der Waals surface area (Å²) in [7, 11) is 4.46. The first kappa shape index (κ1) is 19.8. The van der Waals surface area contributed by atoms with Gasteiger partial charge in [-0.3, -0.25) is 0 Å². The van der Waals surface area contributed by atoms with Crippen LogP contribution in [0.2, 0.25) is 0 Å². The summed E-state index contributed by atoms with van der Waals surface area (Å²) in [6.07, 6.45) is 3.77. The normalized spacial score (nSPS) is 30.5. The summed E-state index contributed by atoms with van der Waals surface area (Å²) in [6.45, 7) is 13.6. The quantitative estimate of drug-likeness (QED) is 0.610. The van der Waals surface area contributed by atoms with Crippen molar-refractivity contribution in [2.24, 2.45) is 0 Å². The average molecular weight is 314 g/mol. The second-order valence-corrected chi connectivity index (χ2v) is 7.04. The summed E-state index contributed by atoms with van der Waals surface area (Å²) in [6, 6.07) is 1.14. The average Bonchev–Trinajstić information content (AvgIpc) is 2.47. The van der Waals surface area contributed by atoms with Crippen molar-refractivity contribution in [2.45, 2.75) is 45.2 Å². The molecule has 2 atom stereocenters. The monoisotopic (exact) mass is 313 g/mol. The van der Waals surface area contributed by atoms with Gasteiger partial charge in [-0.25, -0.2) is 0 Å². The molecule has 1 aliphatic rings. The first-order valence-electron chi connectivity index (χ1n) is 9.12. The van der Waals surface area contributed by atoms with Gasteiger partial charge in [0.25, 0.3) is 0 Å². The van der Waals surface area contributed by atoms with E-state index < -0.39 is 0 Å². The van der Waals surface area contributed by atoms with Crippen LogP contribution in [0.25, 0.3) is 0 Å². The summed E-state index contributed by atoms with van der Waals surface area (Å²) in [4.78, 5) is 4.88. The third-order valence-corrected chi connectivity index (χ3v) is 4.38. The van der Waals surface area contributed by atoms with Crippen LogP contribution in [0.5, 0.6) is 0 Å². The summed E-state index contributed by atoms with van der Waals surface area (Å²) >= 11 is 0.